The summed E-state index contributed by atoms with van der Waals surface area (Å²) < 4.78 is 7.94. The largest absolute Gasteiger partial charge is 0.487 e. The number of rotatable bonds is 6. The second-order valence-corrected chi connectivity index (χ2v) is 8.91. The SMILES string of the molecule is N#Cc1ccccc1COc1c(I)cc(I)cc1/C=N\NC(=O)c1ccc(Cl)cc1. The number of carbonyl (C=O) groups is 1. The van der Waals surface area contributed by atoms with Gasteiger partial charge in [0.2, 0.25) is 0 Å². The van der Waals surface area contributed by atoms with Crippen LogP contribution >= 0.6 is 56.8 Å². The molecule has 0 radical (unpaired) electrons. The van der Waals surface area contributed by atoms with E-state index in [1.54, 1.807) is 36.5 Å². The Kier molecular flexibility index (Phi) is 8.07. The van der Waals surface area contributed by atoms with Crippen molar-refractivity contribution in [1.82, 2.24) is 5.43 Å². The molecule has 0 aliphatic rings. The lowest BCUT2D eigenvalue weighted by Gasteiger charge is -2.13. The Morgan fingerprint density at radius 1 is 1.17 bits per heavy atom. The minimum atomic E-state index is -0.339. The molecule has 0 aliphatic carbocycles. The van der Waals surface area contributed by atoms with Gasteiger partial charge in [0.1, 0.15) is 12.4 Å². The molecule has 1 N–H and O–H groups in total. The molecule has 3 rings (SSSR count). The molecule has 0 fully saturated rings. The molecule has 0 bridgehead atoms. The molecule has 0 spiro atoms. The summed E-state index contributed by atoms with van der Waals surface area (Å²) in [6.45, 7) is 0.248. The zero-order chi connectivity index (χ0) is 21.5. The summed E-state index contributed by atoms with van der Waals surface area (Å²) in [4.78, 5) is 12.2. The van der Waals surface area contributed by atoms with E-state index in [0.29, 0.717) is 21.9 Å². The highest BCUT2D eigenvalue weighted by atomic mass is 127. The molecule has 0 saturated carbocycles. The fourth-order valence-corrected chi connectivity index (χ4v) is 4.73. The topological polar surface area (TPSA) is 74.5 Å². The molecule has 0 aliphatic heterocycles. The van der Waals surface area contributed by atoms with Crippen molar-refractivity contribution in [1.29, 1.82) is 5.26 Å². The molecule has 0 heterocycles. The molecule has 1 amide bonds. The zero-order valence-electron chi connectivity index (χ0n) is 15.4. The van der Waals surface area contributed by atoms with Crippen molar-refractivity contribution in [2.75, 3.05) is 0 Å². The molecule has 5 nitrogen and oxygen atoms in total. The van der Waals surface area contributed by atoms with Crippen LogP contribution in [0, 0.1) is 18.5 Å². The number of carbonyl (C=O) groups excluding carboxylic acids is 1. The number of hydrazone groups is 1. The van der Waals surface area contributed by atoms with Crippen LogP contribution in [0.1, 0.15) is 27.0 Å². The van der Waals surface area contributed by atoms with Crippen molar-refractivity contribution in [3.8, 4) is 11.8 Å². The van der Waals surface area contributed by atoms with Gasteiger partial charge in [0.25, 0.3) is 5.91 Å². The van der Waals surface area contributed by atoms with Gasteiger partial charge < -0.3 is 4.74 Å². The van der Waals surface area contributed by atoms with Gasteiger partial charge in [0, 0.05) is 25.3 Å². The van der Waals surface area contributed by atoms with E-state index < -0.39 is 0 Å². The quantitative estimate of drug-likeness (QED) is 0.211. The van der Waals surface area contributed by atoms with Crippen LogP contribution in [0.25, 0.3) is 0 Å². The number of nitrogens with one attached hydrogen (secondary N) is 1. The molecule has 3 aromatic rings. The van der Waals surface area contributed by atoms with Crippen LogP contribution in [0.15, 0.2) is 65.8 Å². The third kappa shape index (κ3) is 5.93. The number of ether oxygens (including phenoxy) is 1. The van der Waals surface area contributed by atoms with E-state index in [9.17, 15) is 10.1 Å². The van der Waals surface area contributed by atoms with Crippen LogP contribution in [-0.2, 0) is 6.61 Å². The lowest BCUT2D eigenvalue weighted by atomic mass is 10.1. The third-order valence-corrected chi connectivity index (χ3v) is 5.70. The molecule has 0 aromatic heterocycles. The molecular weight excluding hydrogens is 628 g/mol. The van der Waals surface area contributed by atoms with Crippen molar-refractivity contribution in [3.05, 3.63) is 95.1 Å². The molecule has 0 saturated heterocycles. The number of hydrogen-bond acceptors (Lipinski definition) is 4. The Morgan fingerprint density at radius 3 is 2.63 bits per heavy atom. The zero-order valence-corrected chi connectivity index (χ0v) is 20.5. The highest BCUT2D eigenvalue weighted by Gasteiger charge is 2.11. The summed E-state index contributed by atoms with van der Waals surface area (Å²) in [6, 6.07) is 19.9. The first-order valence-electron chi connectivity index (χ1n) is 8.66. The Bertz CT molecular complexity index is 1140. The monoisotopic (exact) mass is 641 g/mol. The van der Waals surface area contributed by atoms with Gasteiger partial charge in [-0.15, -0.1) is 0 Å². The van der Waals surface area contributed by atoms with Crippen molar-refractivity contribution < 1.29 is 9.53 Å². The average molecular weight is 642 g/mol. The van der Waals surface area contributed by atoms with Gasteiger partial charge in [-0.3, -0.25) is 4.79 Å². The highest BCUT2D eigenvalue weighted by molar-refractivity contribution is 14.1. The number of halogens is 3. The molecule has 3 aromatic carbocycles. The summed E-state index contributed by atoms with van der Waals surface area (Å²) >= 11 is 10.3. The maximum absolute atomic E-state index is 12.2. The van der Waals surface area contributed by atoms with Crippen LogP contribution < -0.4 is 10.2 Å². The second kappa shape index (κ2) is 10.7. The number of nitrogens with zero attached hydrogens (tertiary/aromatic N) is 2. The van der Waals surface area contributed by atoms with Gasteiger partial charge in [-0.1, -0.05) is 29.8 Å². The summed E-state index contributed by atoms with van der Waals surface area (Å²) in [5, 5.41) is 13.9. The van der Waals surface area contributed by atoms with Gasteiger partial charge in [-0.2, -0.15) is 10.4 Å². The number of benzene rings is 3. The second-order valence-electron chi connectivity index (χ2n) is 6.07. The summed E-state index contributed by atoms with van der Waals surface area (Å²) in [7, 11) is 0. The fraction of sp³-hybridized carbons (Fsp3) is 0.0455. The lowest BCUT2D eigenvalue weighted by Crippen LogP contribution is -2.17. The van der Waals surface area contributed by atoms with E-state index in [1.165, 1.54) is 0 Å². The van der Waals surface area contributed by atoms with Crippen LogP contribution in [0.5, 0.6) is 5.75 Å². The van der Waals surface area contributed by atoms with Crippen molar-refractivity contribution >= 4 is 68.9 Å². The Hall–Kier alpha value is -2.16. The summed E-state index contributed by atoms with van der Waals surface area (Å²) in [5.41, 5.74) is 5.06. The fourth-order valence-electron chi connectivity index (χ4n) is 2.56. The van der Waals surface area contributed by atoms with Gasteiger partial charge in [-0.05, 0) is 87.6 Å². The van der Waals surface area contributed by atoms with Gasteiger partial charge in [0.15, 0.2) is 0 Å². The number of amides is 1. The molecule has 0 atom stereocenters. The molecule has 30 heavy (non-hydrogen) atoms. The van der Waals surface area contributed by atoms with E-state index in [2.05, 4.69) is 61.8 Å². The first-order chi connectivity index (χ1) is 14.5. The van der Waals surface area contributed by atoms with Crippen LogP contribution in [0.4, 0.5) is 0 Å². The predicted octanol–water partition coefficient (Wildman–Crippen LogP) is 5.76. The van der Waals surface area contributed by atoms with Gasteiger partial charge in [0.05, 0.1) is 21.4 Å². The third-order valence-electron chi connectivity index (χ3n) is 4.02. The van der Waals surface area contributed by atoms with Crippen molar-refractivity contribution in [2.24, 2.45) is 5.10 Å². The minimum Gasteiger partial charge on any atom is -0.487 e. The van der Waals surface area contributed by atoms with E-state index in [-0.39, 0.29) is 12.5 Å². The van der Waals surface area contributed by atoms with Crippen molar-refractivity contribution in [2.45, 2.75) is 6.61 Å². The van der Waals surface area contributed by atoms with E-state index in [0.717, 1.165) is 18.3 Å². The van der Waals surface area contributed by atoms with E-state index in [4.69, 9.17) is 16.3 Å². The van der Waals surface area contributed by atoms with Crippen LogP contribution in [-0.4, -0.2) is 12.1 Å². The Balaban J connectivity index is 1.77. The molecule has 150 valence electrons. The lowest BCUT2D eigenvalue weighted by molar-refractivity contribution is 0.0955. The highest BCUT2D eigenvalue weighted by Crippen LogP contribution is 2.28. The van der Waals surface area contributed by atoms with E-state index in [1.807, 2.05) is 30.3 Å². The van der Waals surface area contributed by atoms with Gasteiger partial charge >= 0.3 is 0 Å². The first kappa shape index (κ1) is 22.5. The smallest absolute Gasteiger partial charge is 0.271 e. The minimum absolute atomic E-state index is 0.248. The number of nitriles is 1. The summed E-state index contributed by atoms with van der Waals surface area (Å²) in [5.74, 6) is 0.293. The first-order valence-corrected chi connectivity index (χ1v) is 11.2. The molecular formula is C22H14ClI2N3O2. The van der Waals surface area contributed by atoms with Crippen molar-refractivity contribution in [3.63, 3.8) is 0 Å². The predicted molar refractivity (Wildman–Crippen MR) is 134 cm³/mol. The van der Waals surface area contributed by atoms with Crippen LogP contribution in [0.3, 0.4) is 0 Å². The number of hydrogen-bond donors (Lipinski definition) is 1. The van der Waals surface area contributed by atoms with Crippen LogP contribution in [0.2, 0.25) is 5.02 Å². The molecule has 8 heteroatoms. The van der Waals surface area contributed by atoms with E-state index >= 15 is 0 Å². The maximum atomic E-state index is 12.2. The standard InChI is InChI=1S/C22H14ClI2N3O2/c23-18-7-5-14(6-8-18)22(29)28-27-12-17-9-19(24)10-20(25)21(17)30-13-16-4-2-1-3-15(16)11-26/h1-10,12H,13H2,(H,28,29)/b27-12-. The molecule has 0 unspecified atom stereocenters. The Morgan fingerprint density at radius 2 is 1.90 bits per heavy atom. The maximum Gasteiger partial charge on any atom is 0.271 e. The average Bonchev–Trinajstić information content (AvgIpc) is 2.73. The van der Waals surface area contributed by atoms with Gasteiger partial charge in [-0.25, -0.2) is 5.43 Å². The summed E-state index contributed by atoms with van der Waals surface area (Å²) in [6.07, 6.45) is 1.55. The Labute approximate surface area is 206 Å². The normalized spacial score (nSPS) is 10.6.